The van der Waals surface area contributed by atoms with Gasteiger partial charge in [0, 0.05) is 18.3 Å². The molecule has 0 bridgehead atoms. The lowest BCUT2D eigenvalue weighted by Crippen LogP contribution is -2.17. The van der Waals surface area contributed by atoms with E-state index in [2.05, 4.69) is 54.5 Å². The Morgan fingerprint density at radius 2 is 1.89 bits per heavy atom. The van der Waals surface area contributed by atoms with Gasteiger partial charge in [0.25, 0.3) is 0 Å². The number of nitrogens with zero attached hydrogens (tertiary/aromatic N) is 3. The lowest BCUT2D eigenvalue weighted by atomic mass is 9.98. The van der Waals surface area contributed by atoms with E-state index >= 15 is 0 Å². The van der Waals surface area contributed by atoms with Crippen LogP contribution in [0.1, 0.15) is 36.5 Å². The van der Waals surface area contributed by atoms with Gasteiger partial charge in [-0.1, -0.05) is 67.6 Å². The molecule has 0 aliphatic rings. The normalized spacial score (nSPS) is 11.1. The monoisotopic (exact) mass is 394 g/mol. The van der Waals surface area contributed by atoms with Crippen LogP contribution in [0.25, 0.3) is 11.4 Å². The van der Waals surface area contributed by atoms with E-state index in [4.69, 9.17) is 0 Å². The van der Waals surface area contributed by atoms with Crippen molar-refractivity contribution < 1.29 is 4.79 Å². The lowest BCUT2D eigenvalue weighted by molar-refractivity contribution is -0.113. The van der Waals surface area contributed by atoms with Crippen LogP contribution in [0.15, 0.2) is 47.6 Å². The average molecular weight is 395 g/mol. The zero-order chi connectivity index (χ0) is 20.3. The second-order valence-corrected chi connectivity index (χ2v) is 8.21. The summed E-state index contributed by atoms with van der Waals surface area (Å²) in [5.74, 6) is 1.39. The highest BCUT2D eigenvalue weighted by atomic mass is 32.2. The van der Waals surface area contributed by atoms with Crippen LogP contribution in [-0.2, 0) is 11.8 Å². The van der Waals surface area contributed by atoms with Crippen molar-refractivity contribution in [3.05, 3.63) is 59.2 Å². The van der Waals surface area contributed by atoms with E-state index in [1.807, 2.05) is 42.8 Å². The van der Waals surface area contributed by atoms with Gasteiger partial charge >= 0.3 is 0 Å². The number of benzene rings is 2. The van der Waals surface area contributed by atoms with E-state index < -0.39 is 0 Å². The third-order valence-electron chi connectivity index (χ3n) is 4.63. The van der Waals surface area contributed by atoms with Crippen LogP contribution in [0.3, 0.4) is 0 Å². The van der Waals surface area contributed by atoms with Crippen molar-refractivity contribution in [2.45, 2.75) is 38.8 Å². The van der Waals surface area contributed by atoms with Gasteiger partial charge in [-0.25, -0.2) is 0 Å². The predicted octanol–water partition coefficient (Wildman–Crippen LogP) is 4.95. The standard InChI is InChI=1S/C22H26N4OS/c1-14(2)18-11-7-9-16(4)20(18)23-19(27)13-28-22-25-24-21(26(22)5)17-10-6-8-15(3)12-17/h6-12,14H,13H2,1-5H3,(H,23,27). The highest BCUT2D eigenvalue weighted by Gasteiger charge is 2.15. The topological polar surface area (TPSA) is 59.8 Å². The molecule has 1 aromatic heterocycles. The number of hydrogen-bond donors (Lipinski definition) is 1. The number of anilines is 1. The number of amides is 1. The molecule has 0 aliphatic carbocycles. The predicted molar refractivity (Wildman–Crippen MR) is 116 cm³/mol. The lowest BCUT2D eigenvalue weighted by Gasteiger charge is -2.16. The van der Waals surface area contributed by atoms with Crippen LogP contribution in [-0.4, -0.2) is 26.4 Å². The van der Waals surface area contributed by atoms with Gasteiger partial charge in [-0.15, -0.1) is 10.2 Å². The molecule has 0 spiro atoms. The summed E-state index contributed by atoms with van der Waals surface area (Å²) < 4.78 is 1.93. The van der Waals surface area contributed by atoms with Gasteiger partial charge in [0.2, 0.25) is 5.91 Å². The Morgan fingerprint density at radius 3 is 2.61 bits per heavy atom. The minimum atomic E-state index is -0.0405. The first kappa shape index (κ1) is 20.1. The van der Waals surface area contributed by atoms with Crippen LogP contribution in [0.5, 0.6) is 0 Å². The molecule has 28 heavy (non-hydrogen) atoms. The van der Waals surface area contributed by atoms with E-state index in [1.54, 1.807) is 0 Å². The summed E-state index contributed by atoms with van der Waals surface area (Å²) in [6, 6.07) is 14.3. The summed E-state index contributed by atoms with van der Waals surface area (Å²) in [7, 11) is 1.93. The highest BCUT2D eigenvalue weighted by molar-refractivity contribution is 7.99. The minimum Gasteiger partial charge on any atom is -0.325 e. The van der Waals surface area contributed by atoms with E-state index in [0.29, 0.717) is 5.92 Å². The molecule has 146 valence electrons. The van der Waals surface area contributed by atoms with Crippen molar-refractivity contribution in [3.63, 3.8) is 0 Å². The van der Waals surface area contributed by atoms with Crippen LogP contribution < -0.4 is 5.32 Å². The van der Waals surface area contributed by atoms with Gasteiger partial charge < -0.3 is 9.88 Å². The van der Waals surface area contributed by atoms with Crippen LogP contribution in [0.2, 0.25) is 0 Å². The molecule has 0 radical (unpaired) electrons. The quantitative estimate of drug-likeness (QED) is 0.601. The molecule has 6 heteroatoms. The van der Waals surface area contributed by atoms with Crippen molar-refractivity contribution in [1.82, 2.24) is 14.8 Å². The number of carbonyl (C=O) groups excluding carboxylic acids is 1. The fraction of sp³-hybridized carbons (Fsp3) is 0.318. The molecule has 0 saturated heterocycles. The molecule has 0 aliphatic heterocycles. The number of aromatic nitrogens is 3. The van der Waals surface area contributed by atoms with Gasteiger partial charge in [-0.05, 0) is 37.0 Å². The minimum absolute atomic E-state index is 0.0405. The second kappa shape index (κ2) is 8.61. The molecular formula is C22H26N4OS. The molecule has 0 saturated carbocycles. The van der Waals surface area contributed by atoms with Gasteiger partial charge in [-0.2, -0.15) is 0 Å². The zero-order valence-corrected chi connectivity index (χ0v) is 17.8. The summed E-state index contributed by atoms with van der Waals surface area (Å²) in [5, 5.41) is 12.4. The average Bonchev–Trinajstić information content (AvgIpc) is 3.02. The third-order valence-corrected chi connectivity index (χ3v) is 5.66. The maximum Gasteiger partial charge on any atom is 0.234 e. The van der Waals surface area contributed by atoms with Crippen LogP contribution in [0, 0.1) is 13.8 Å². The number of carbonyl (C=O) groups is 1. The Hall–Kier alpha value is -2.60. The van der Waals surface area contributed by atoms with E-state index in [-0.39, 0.29) is 11.7 Å². The Balaban J connectivity index is 1.70. The maximum absolute atomic E-state index is 12.6. The molecule has 3 rings (SSSR count). The molecule has 0 atom stereocenters. The summed E-state index contributed by atoms with van der Waals surface area (Å²) >= 11 is 1.39. The summed E-state index contributed by atoms with van der Waals surface area (Å²) in [6.07, 6.45) is 0. The van der Waals surface area contributed by atoms with Crippen molar-refractivity contribution >= 4 is 23.4 Å². The first-order valence-electron chi connectivity index (χ1n) is 9.35. The molecule has 1 heterocycles. The van der Waals surface area contributed by atoms with Gasteiger partial charge in [0.15, 0.2) is 11.0 Å². The Morgan fingerprint density at radius 1 is 1.14 bits per heavy atom. The fourth-order valence-electron chi connectivity index (χ4n) is 3.12. The highest BCUT2D eigenvalue weighted by Crippen LogP contribution is 2.28. The Labute approximate surface area is 170 Å². The Bertz CT molecular complexity index is 994. The number of aryl methyl sites for hydroxylation is 2. The van der Waals surface area contributed by atoms with E-state index in [1.165, 1.54) is 17.3 Å². The molecule has 2 aromatic carbocycles. The first-order chi connectivity index (χ1) is 13.4. The van der Waals surface area contributed by atoms with Crippen LogP contribution in [0.4, 0.5) is 5.69 Å². The smallest absolute Gasteiger partial charge is 0.234 e. The van der Waals surface area contributed by atoms with E-state index in [9.17, 15) is 4.79 Å². The van der Waals surface area contributed by atoms with Gasteiger partial charge in [0.05, 0.1) is 5.75 Å². The summed E-state index contributed by atoms with van der Waals surface area (Å²) in [4.78, 5) is 12.6. The first-order valence-corrected chi connectivity index (χ1v) is 10.3. The largest absolute Gasteiger partial charge is 0.325 e. The number of thioether (sulfide) groups is 1. The zero-order valence-electron chi connectivity index (χ0n) is 17.0. The fourth-order valence-corrected chi connectivity index (χ4v) is 3.84. The molecule has 1 N–H and O–H groups in total. The van der Waals surface area contributed by atoms with Crippen LogP contribution >= 0.6 is 11.8 Å². The van der Waals surface area contributed by atoms with E-state index in [0.717, 1.165) is 33.4 Å². The molecule has 1 amide bonds. The third kappa shape index (κ3) is 4.44. The number of rotatable bonds is 6. The number of para-hydroxylation sites is 1. The van der Waals surface area contributed by atoms with Gasteiger partial charge in [-0.3, -0.25) is 4.79 Å². The SMILES string of the molecule is Cc1cccc(-c2nnc(SCC(=O)Nc3c(C)cccc3C(C)C)n2C)c1. The maximum atomic E-state index is 12.6. The van der Waals surface area contributed by atoms with Crippen molar-refractivity contribution in [3.8, 4) is 11.4 Å². The number of hydrogen-bond acceptors (Lipinski definition) is 4. The molecular weight excluding hydrogens is 368 g/mol. The number of nitrogens with one attached hydrogen (secondary N) is 1. The summed E-state index contributed by atoms with van der Waals surface area (Å²) in [6.45, 7) is 8.33. The molecule has 3 aromatic rings. The molecule has 0 fully saturated rings. The van der Waals surface area contributed by atoms with Crippen molar-refractivity contribution in [2.75, 3.05) is 11.1 Å². The Kier molecular flexibility index (Phi) is 6.19. The second-order valence-electron chi connectivity index (χ2n) is 7.27. The molecule has 5 nitrogen and oxygen atoms in total. The summed E-state index contributed by atoms with van der Waals surface area (Å²) in [5.41, 5.74) is 5.34. The van der Waals surface area contributed by atoms with Crippen molar-refractivity contribution in [2.24, 2.45) is 7.05 Å². The van der Waals surface area contributed by atoms with Crippen molar-refractivity contribution in [1.29, 1.82) is 0 Å². The molecule has 0 unspecified atom stereocenters. The van der Waals surface area contributed by atoms with Gasteiger partial charge in [0.1, 0.15) is 0 Å².